The van der Waals surface area contributed by atoms with Gasteiger partial charge in [0.25, 0.3) is 0 Å². The van der Waals surface area contributed by atoms with Gasteiger partial charge in [-0.15, -0.1) is 0 Å². The van der Waals surface area contributed by atoms with E-state index in [9.17, 15) is 9.59 Å². The van der Waals surface area contributed by atoms with Gasteiger partial charge >= 0.3 is 11.9 Å². The topological polar surface area (TPSA) is 61.8 Å². The van der Waals surface area contributed by atoms with Crippen LogP contribution in [-0.2, 0) is 23.8 Å². The number of carbonyl (C=O) groups excluding carboxylic acids is 2. The van der Waals surface area contributed by atoms with E-state index in [1.807, 2.05) is 6.08 Å². The predicted molar refractivity (Wildman–Crippen MR) is 279 cm³/mol. The zero-order valence-corrected chi connectivity index (χ0v) is 41.5. The minimum atomic E-state index is -0.580. The molecule has 0 saturated heterocycles. The van der Waals surface area contributed by atoms with Crippen LogP contribution >= 0.6 is 0 Å². The highest BCUT2D eigenvalue weighted by Crippen LogP contribution is 2.13. The van der Waals surface area contributed by atoms with Gasteiger partial charge in [-0.1, -0.05) is 226 Å². The third-order valence-electron chi connectivity index (χ3n) is 10.5. The molecule has 0 aromatic heterocycles. The Morgan fingerprint density at radius 2 is 0.734 bits per heavy atom. The van der Waals surface area contributed by atoms with Crippen molar-refractivity contribution in [2.24, 2.45) is 0 Å². The zero-order chi connectivity index (χ0) is 46.3. The van der Waals surface area contributed by atoms with Crippen molar-refractivity contribution in [3.05, 3.63) is 122 Å². The molecular formula is C59H96O5. The van der Waals surface area contributed by atoms with Crippen molar-refractivity contribution in [2.45, 2.75) is 219 Å². The van der Waals surface area contributed by atoms with Crippen LogP contribution < -0.4 is 0 Å². The van der Waals surface area contributed by atoms with E-state index in [0.29, 0.717) is 25.9 Å². The van der Waals surface area contributed by atoms with Gasteiger partial charge in [0.15, 0.2) is 6.10 Å². The monoisotopic (exact) mass is 885 g/mol. The molecule has 0 radical (unpaired) electrons. The molecule has 64 heavy (non-hydrogen) atoms. The molecule has 0 aliphatic heterocycles. The minimum absolute atomic E-state index is 0.0334. The molecule has 0 amide bonds. The smallest absolute Gasteiger partial charge is 0.306 e. The molecule has 362 valence electrons. The molecule has 1 unspecified atom stereocenters. The van der Waals surface area contributed by atoms with Crippen molar-refractivity contribution in [1.82, 2.24) is 0 Å². The van der Waals surface area contributed by atoms with Gasteiger partial charge in [-0.25, -0.2) is 0 Å². The van der Waals surface area contributed by atoms with E-state index in [-0.39, 0.29) is 25.2 Å². The average molecular weight is 885 g/mol. The Bertz CT molecular complexity index is 1320. The largest absolute Gasteiger partial charge is 0.462 e. The number of hydrogen-bond donors (Lipinski definition) is 0. The van der Waals surface area contributed by atoms with Crippen LogP contribution in [-0.4, -0.2) is 37.9 Å². The van der Waals surface area contributed by atoms with Gasteiger partial charge in [0, 0.05) is 19.4 Å². The van der Waals surface area contributed by atoms with E-state index in [0.717, 1.165) is 103 Å². The summed E-state index contributed by atoms with van der Waals surface area (Å²) < 4.78 is 17.3. The van der Waals surface area contributed by atoms with Crippen molar-refractivity contribution in [2.75, 3.05) is 19.8 Å². The zero-order valence-electron chi connectivity index (χ0n) is 41.5. The average Bonchev–Trinajstić information content (AvgIpc) is 3.30. The highest BCUT2D eigenvalue weighted by Gasteiger charge is 2.17. The van der Waals surface area contributed by atoms with Crippen LogP contribution in [0.3, 0.4) is 0 Å². The second-order valence-corrected chi connectivity index (χ2v) is 16.7. The molecule has 0 aromatic carbocycles. The highest BCUT2D eigenvalue weighted by atomic mass is 16.6. The highest BCUT2D eigenvalue weighted by molar-refractivity contribution is 5.70. The lowest BCUT2D eigenvalue weighted by atomic mass is 10.1. The van der Waals surface area contributed by atoms with Gasteiger partial charge in [-0.2, -0.15) is 0 Å². The molecule has 0 spiro atoms. The maximum absolute atomic E-state index is 12.8. The molecule has 0 aliphatic carbocycles. The Balaban J connectivity index is 4.38. The van der Waals surface area contributed by atoms with Crippen molar-refractivity contribution in [3.8, 4) is 0 Å². The fourth-order valence-corrected chi connectivity index (χ4v) is 6.70. The molecule has 1 atom stereocenters. The van der Waals surface area contributed by atoms with E-state index in [4.69, 9.17) is 14.2 Å². The van der Waals surface area contributed by atoms with E-state index in [1.165, 1.54) is 70.6 Å². The first kappa shape index (κ1) is 60.3. The van der Waals surface area contributed by atoms with Gasteiger partial charge in [-0.05, 0) is 96.3 Å². The molecule has 0 N–H and O–H groups in total. The second kappa shape index (κ2) is 53.6. The van der Waals surface area contributed by atoms with Gasteiger partial charge in [0.2, 0.25) is 0 Å². The number of ether oxygens (including phenoxy) is 3. The summed E-state index contributed by atoms with van der Waals surface area (Å²) in [5.41, 5.74) is 0. The third-order valence-corrected chi connectivity index (χ3v) is 10.5. The normalized spacial score (nSPS) is 13.2. The van der Waals surface area contributed by atoms with Gasteiger partial charge in [0.1, 0.15) is 6.61 Å². The molecule has 0 aromatic rings. The van der Waals surface area contributed by atoms with Crippen LogP contribution in [0, 0.1) is 0 Å². The third kappa shape index (κ3) is 50.9. The van der Waals surface area contributed by atoms with Crippen LogP contribution in [0.4, 0.5) is 0 Å². The van der Waals surface area contributed by atoms with Crippen LogP contribution in [0.1, 0.15) is 213 Å². The predicted octanol–water partition coefficient (Wildman–Crippen LogP) is 17.8. The van der Waals surface area contributed by atoms with E-state index in [1.54, 1.807) is 0 Å². The Morgan fingerprint density at radius 3 is 1.19 bits per heavy atom. The number of esters is 2. The van der Waals surface area contributed by atoms with Gasteiger partial charge in [0.05, 0.1) is 6.61 Å². The summed E-state index contributed by atoms with van der Waals surface area (Å²) in [6.07, 6.45) is 75.0. The quantitative estimate of drug-likeness (QED) is 0.0346. The number of carbonyl (C=O) groups is 2. The van der Waals surface area contributed by atoms with Crippen molar-refractivity contribution < 1.29 is 23.8 Å². The Labute approximate surface area is 395 Å². The second-order valence-electron chi connectivity index (χ2n) is 16.7. The standard InChI is InChI=1S/C59H96O5/c1-4-7-10-13-16-19-22-24-26-28-30-32-34-36-38-40-43-46-49-52-58(60)63-56-57(55-62-54-51-48-45-42-21-18-15-12-9-6-3)64-59(61)53-50-47-44-41-39-37-35-33-31-29-27-25-23-20-17-14-11-8-5-2/h7-8,10-11,16-17,19-20,24-27,30-33,36,38,43,46,57H,4-6,9,12-15,18,21-23,28-29,34-35,37,39-42,44-45,47-56H2,1-3H3/b10-7-,11-8-,19-16-,20-17-,26-24-,27-25-,32-30-,33-31-,38-36-,46-43-. The number of rotatable bonds is 46. The minimum Gasteiger partial charge on any atom is -0.462 e. The summed E-state index contributed by atoms with van der Waals surface area (Å²) in [7, 11) is 0. The molecule has 0 rings (SSSR count). The maximum atomic E-state index is 12.8. The molecular weight excluding hydrogens is 789 g/mol. The van der Waals surface area contributed by atoms with Crippen LogP contribution in [0.25, 0.3) is 0 Å². The molecule has 0 fully saturated rings. The van der Waals surface area contributed by atoms with E-state index in [2.05, 4.69) is 136 Å². The number of unbranched alkanes of at least 4 members (excludes halogenated alkanes) is 15. The fourth-order valence-electron chi connectivity index (χ4n) is 6.70. The molecule has 5 heteroatoms. The SMILES string of the molecule is CC/C=C\C/C=C\C/C=C\C/C=C\C/C=C\C/C=C\CCC(=O)OCC(COCCCCCCCCCCCC)OC(=O)CCCCCCCC/C=C\C/C=C\C/C=C\C/C=C\CC. The molecule has 0 heterocycles. The summed E-state index contributed by atoms with van der Waals surface area (Å²) in [6.45, 7) is 7.49. The molecule has 5 nitrogen and oxygen atoms in total. The van der Waals surface area contributed by atoms with Crippen molar-refractivity contribution in [3.63, 3.8) is 0 Å². The number of hydrogen-bond acceptors (Lipinski definition) is 5. The number of allylic oxidation sites excluding steroid dienone is 20. The van der Waals surface area contributed by atoms with Gasteiger partial charge in [-0.3, -0.25) is 9.59 Å². The first-order chi connectivity index (χ1) is 31.6. The Morgan fingerprint density at radius 1 is 0.359 bits per heavy atom. The Hall–Kier alpha value is -3.70. The van der Waals surface area contributed by atoms with Crippen molar-refractivity contribution >= 4 is 11.9 Å². The summed E-state index contributed by atoms with van der Waals surface area (Å²) >= 11 is 0. The summed E-state index contributed by atoms with van der Waals surface area (Å²) in [5.74, 6) is -0.516. The fraction of sp³-hybridized carbons (Fsp3) is 0.627. The maximum Gasteiger partial charge on any atom is 0.306 e. The lowest BCUT2D eigenvalue weighted by Gasteiger charge is -2.18. The molecule has 0 aliphatic rings. The molecule has 0 bridgehead atoms. The lowest BCUT2D eigenvalue weighted by molar-refractivity contribution is -0.162. The van der Waals surface area contributed by atoms with E-state index >= 15 is 0 Å². The van der Waals surface area contributed by atoms with Gasteiger partial charge < -0.3 is 14.2 Å². The molecule has 0 saturated carbocycles. The lowest BCUT2D eigenvalue weighted by Crippen LogP contribution is -2.30. The van der Waals surface area contributed by atoms with Crippen LogP contribution in [0.2, 0.25) is 0 Å². The van der Waals surface area contributed by atoms with Crippen LogP contribution in [0.5, 0.6) is 0 Å². The van der Waals surface area contributed by atoms with Crippen molar-refractivity contribution in [1.29, 1.82) is 0 Å². The Kier molecular flexibility index (Phi) is 50.5. The first-order valence-electron chi connectivity index (χ1n) is 26.1. The first-order valence-corrected chi connectivity index (χ1v) is 26.1. The van der Waals surface area contributed by atoms with Crippen LogP contribution in [0.15, 0.2) is 122 Å². The summed E-state index contributed by atoms with van der Waals surface area (Å²) in [6, 6.07) is 0. The summed E-state index contributed by atoms with van der Waals surface area (Å²) in [5, 5.41) is 0. The summed E-state index contributed by atoms with van der Waals surface area (Å²) in [4.78, 5) is 25.4. The van der Waals surface area contributed by atoms with E-state index < -0.39 is 6.10 Å².